The summed E-state index contributed by atoms with van der Waals surface area (Å²) in [7, 11) is 1.55. The number of nitrogens with one attached hydrogen (secondary N) is 1. The maximum atomic E-state index is 12.0. The molecule has 20 heavy (non-hydrogen) atoms. The molecule has 2 rings (SSSR count). The van der Waals surface area contributed by atoms with Crippen molar-refractivity contribution in [2.75, 3.05) is 0 Å². The number of halogens is 1. The molecule has 0 radical (unpaired) electrons. The van der Waals surface area contributed by atoms with Crippen LogP contribution in [0.1, 0.15) is 32.6 Å². The zero-order valence-electron chi connectivity index (χ0n) is 11.9. The summed E-state index contributed by atoms with van der Waals surface area (Å²) >= 11 is 1.03. The molecule has 0 bridgehead atoms. The summed E-state index contributed by atoms with van der Waals surface area (Å²) in [6.45, 7) is 8.51. The van der Waals surface area contributed by atoms with Gasteiger partial charge in [-0.15, -0.1) is 11.3 Å². The van der Waals surface area contributed by atoms with Crippen molar-refractivity contribution in [1.82, 2.24) is 5.32 Å². The second-order valence-corrected chi connectivity index (χ2v) is 10.2. The Morgan fingerprint density at radius 3 is 2.25 bits per heavy atom. The molecular weight excluding hydrogens is 318 g/mol. The smallest absolute Gasteiger partial charge is 0.270 e. The Morgan fingerprint density at radius 2 is 1.85 bits per heavy atom. The van der Waals surface area contributed by atoms with Crippen molar-refractivity contribution in [2.24, 2.45) is 10.8 Å². The van der Waals surface area contributed by atoms with Gasteiger partial charge >= 0.3 is 0 Å². The lowest BCUT2D eigenvalue weighted by atomic mass is 10.0. The molecule has 1 aliphatic rings. The van der Waals surface area contributed by atoms with Crippen LogP contribution in [-0.4, -0.2) is 20.4 Å². The van der Waals surface area contributed by atoms with Crippen molar-refractivity contribution in [3.05, 3.63) is 17.0 Å². The van der Waals surface area contributed by atoms with E-state index in [1.807, 2.05) is 0 Å². The van der Waals surface area contributed by atoms with Crippen LogP contribution in [0, 0.1) is 10.8 Å². The highest BCUT2D eigenvalue weighted by Crippen LogP contribution is 2.62. The fraction of sp³-hybridized carbons (Fsp3) is 0.615. The number of thiophene rings is 1. The minimum Gasteiger partial charge on any atom is -0.352 e. The van der Waals surface area contributed by atoms with Gasteiger partial charge in [-0.1, -0.05) is 27.7 Å². The van der Waals surface area contributed by atoms with Gasteiger partial charge in [0.05, 0.1) is 6.42 Å². The molecule has 7 heteroatoms. The van der Waals surface area contributed by atoms with Gasteiger partial charge in [0.1, 0.15) is 4.21 Å². The summed E-state index contributed by atoms with van der Waals surface area (Å²) in [6, 6.07) is 3.21. The number of rotatable bonds is 4. The van der Waals surface area contributed by atoms with Gasteiger partial charge in [0.25, 0.3) is 9.05 Å². The standard InChI is InChI=1S/C13H18ClNO3S2/c1-12(2)11(13(12,3)4)15-9(16)7-8-5-6-10(19-8)20(14,17)18/h5-6,11H,7H2,1-4H3,(H,15,16). The third-order valence-corrected chi connectivity index (χ3v) is 7.72. The first-order valence-electron chi connectivity index (χ1n) is 6.29. The van der Waals surface area contributed by atoms with Gasteiger partial charge in [-0.25, -0.2) is 8.42 Å². The van der Waals surface area contributed by atoms with Crippen molar-refractivity contribution in [2.45, 2.75) is 44.4 Å². The van der Waals surface area contributed by atoms with Crippen molar-refractivity contribution < 1.29 is 13.2 Å². The van der Waals surface area contributed by atoms with E-state index in [1.165, 1.54) is 6.07 Å². The Kier molecular flexibility index (Phi) is 3.72. The van der Waals surface area contributed by atoms with E-state index in [9.17, 15) is 13.2 Å². The highest BCUT2D eigenvalue weighted by Gasteiger charge is 2.65. The van der Waals surface area contributed by atoms with E-state index >= 15 is 0 Å². The minimum atomic E-state index is -3.71. The predicted octanol–water partition coefficient (Wildman–Crippen LogP) is 2.77. The molecule has 0 spiro atoms. The molecule has 1 N–H and O–H groups in total. The van der Waals surface area contributed by atoms with Gasteiger partial charge in [-0.2, -0.15) is 0 Å². The third-order valence-electron chi connectivity index (χ3n) is 4.54. The SMILES string of the molecule is CC1(C)C(NC(=O)Cc2ccc(S(=O)(=O)Cl)s2)C1(C)C. The van der Waals surface area contributed by atoms with E-state index in [0.29, 0.717) is 4.88 Å². The maximum absolute atomic E-state index is 12.0. The first kappa shape index (κ1) is 15.8. The van der Waals surface area contributed by atoms with Crippen LogP contribution < -0.4 is 5.32 Å². The molecule has 1 aliphatic carbocycles. The Bertz CT molecular complexity index is 632. The Labute approximate surface area is 127 Å². The molecule has 0 aromatic carbocycles. The molecular formula is C13H18ClNO3S2. The van der Waals surface area contributed by atoms with E-state index < -0.39 is 9.05 Å². The summed E-state index contributed by atoms with van der Waals surface area (Å²) in [6.07, 6.45) is 0.180. The molecule has 1 aromatic rings. The number of hydrogen-bond donors (Lipinski definition) is 1. The topological polar surface area (TPSA) is 63.2 Å². The molecule has 0 saturated heterocycles. The van der Waals surface area contributed by atoms with Crippen molar-refractivity contribution >= 4 is 37.0 Å². The van der Waals surface area contributed by atoms with Crippen LogP contribution >= 0.6 is 22.0 Å². The van der Waals surface area contributed by atoms with E-state index in [4.69, 9.17) is 10.7 Å². The number of amides is 1. The Hall–Kier alpha value is -0.590. The molecule has 1 saturated carbocycles. The van der Waals surface area contributed by atoms with Crippen LogP contribution in [-0.2, 0) is 20.3 Å². The van der Waals surface area contributed by atoms with Gasteiger partial charge < -0.3 is 5.32 Å². The van der Waals surface area contributed by atoms with Crippen LogP contribution in [0.15, 0.2) is 16.3 Å². The summed E-state index contributed by atoms with van der Waals surface area (Å²) in [5.74, 6) is -0.0889. The number of carbonyl (C=O) groups is 1. The first-order valence-corrected chi connectivity index (χ1v) is 9.41. The van der Waals surface area contributed by atoms with Gasteiger partial charge in [-0.05, 0) is 23.0 Å². The largest absolute Gasteiger partial charge is 0.352 e. The molecule has 112 valence electrons. The van der Waals surface area contributed by atoms with Crippen LogP contribution in [0.2, 0.25) is 0 Å². The molecule has 0 atom stereocenters. The molecule has 4 nitrogen and oxygen atoms in total. The van der Waals surface area contributed by atoms with Gasteiger partial charge in [0.2, 0.25) is 5.91 Å². The lowest BCUT2D eigenvalue weighted by Crippen LogP contribution is -2.30. The Morgan fingerprint density at radius 1 is 1.30 bits per heavy atom. The zero-order chi connectivity index (χ0) is 15.3. The van der Waals surface area contributed by atoms with Crippen LogP contribution in [0.5, 0.6) is 0 Å². The fourth-order valence-corrected chi connectivity index (χ4v) is 4.63. The molecule has 1 amide bonds. The van der Waals surface area contributed by atoms with Crippen LogP contribution in [0.25, 0.3) is 0 Å². The van der Waals surface area contributed by atoms with E-state index in [-0.39, 0.29) is 33.4 Å². The maximum Gasteiger partial charge on any atom is 0.270 e. The highest BCUT2D eigenvalue weighted by atomic mass is 35.7. The average molecular weight is 336 g/mol. The predicted molar refractivity (Wildman–Crippen MR) is 80.6 cm³/mol. The van der Waals surface area contributed by atoms with Crippen molar-refractivity contribution in [3.63, 3.8) is 0 Å². The average Bonchev–Trinajstić information content (AvgIpc) is 2.70. The molecule has 1 fully saturated rings. The monoisotopic (exact) mass is 335 g/mol. The van der Waals surface area contributed by atoms with Gasteiger partial charge in [-0.3, -0.25) is 4.79 Å². The van der Waals surface area contributed by atoms with Crippen molar-refractivity contribution in [3.8, 4) is 0 Å². The second-order valence-electron chi connectivity index (χ2n) is 6.28. The molecule has 1 heterocycles. The lowest BCUT2D eigenvalue weighted by Gasteiger charge is -2.05. The lowest BCUT2D eigenvalue weighted by molar-refractivity contribution is -0.120. The first-order chi connectivity index (χ1) is 8.96. The zero-order valence-corrected chi connectivity index (χ0v) is 14.2. The molecule has 0 unspecified atom stereocenters. The summed E-state index contributed by atoms with van der Waals surface area (Å²) in [5, 5.41) is 3.02. The number of hydrogen-bond acceptors (Lipinski definition) is 4. The third kappa shape index (κ3) is 2.73. The molecule has 0 aliphatic heterocycles. The second kappa shape index (κ2) is 4.71. The van der Waals surface area contributed by atoms with Crippen molar-refractivity contribution in [1.29, 1.82) is 0 Å². The van der Waals surface area contributed by atoms with E-state index in [0.717, 1.165) is 11.3 Å². The Balaban J connectivity index is 1.99. The van der Waals surface area contributed by atoms with E-state index in [1.54, 1.807) is 6.07 Å². The minimum absolute atomic E-state index is 0.0778. The van der Waals surface area contributed by atoms with Crippen LogP contribution in [0.4, 0.5) is 0 Å². The fourth-order valence-electron chi connectivity index (χ4n) is 2.51. The highest BCUT2D eigenvalue weighted by molar-refractivity contribution is 8.15. The normalized spacial score (nSPS) is 20.6. The quantitative estimate of drug-likeness (QED) is 0.860. The van der Waals surface area contributed by atoms with Gasteiger partial charge in [0, 0.05) is 21.6 Å². The summed E-state index contributed by atoms with van der Waals surface area (Å²) in [5.41, 5.74) is 0.172. The summed E-state index contributed by atoms with van der Waals surface area (Å²) < 4.78 is 22.4. The summed E-state index contributed by atoms with van der Waals surface area (Å²) in [4.78, 5) is 12.7. The number of carbonyl (C=O) groups excluding carboxylic acids is 1. The van der Waals surface area contributed by atoms with Crippen LogP contribution in [0.3, 0.4) is 0 Å². The molecule has 1 aromatic heterocycles. The van der Waals surface area contributed by atoms with Gasteiger partial charge in [0.15, 0.2) is 0 Å². The van der Waals surface area contributed by atoms with E-state index in [2.05, 4.69) is 33.0 Å².